The van der Waals surface area contributed by atoms with E-state index in [4.69, 9.17) is 9.47 Å². The first-order chi connectivity index (χ1) is 15.9. The Kier molecular flexibility index (Phi) is 6.55. The quantitative estimate of drug-likeness (QED) is 0.525. The highest BCUT2D eigenvalue weighted by Gasteiger charge is 2.33. The van der Waals surface area contributed by atoms with Gasteiger partial charge in [-0.3, -0.25) is 14.3 Å². The van der Waals surface area contributed by atoms with Crippen LogP contribution < -0.4 is 19.6 Å². The van der Waals surface area contributed by atoms with Gasteiger partial charge >= 0.3 is 5.97 Å². The molecule has 0 spiro atoms. The van der Waals surface area contributed by atoms with Crippen LogP contribution in [-0.2, 0) is 9.53 Å². The van der Waals surface area contributed by atoms with Crippen molar-refractivity contribution in [1.29, 1.82) is 0 Å². The van der Waals surface area contributed by atoms with Gasteiger partial charge in [0.25, 0.3) is 5.56 Å². The van der Waals surface area contributed by atoms with E-state index in [-0.39, 0.29) is 18.3 Å². The van der Waals surface area contributed by atoms with Crippen LogP contribution in [0.25, 0.3) is 6.08 Å². The average molecular weight is 464 g/mol. The number of pyridine rings is 1. The number of allylic oxidation sites excluding steroid dienone is 1. The van der Waals surface area contributed by atoms with Crippen LogP contribution >= 0.6 is 11.3 Å². The molecule has 170 valence electrons. The molecule has 3 heterocycles. The molecule has 0 saturated carbocycles. The van der Waals surface area contributed by atoms with Gasteiger partial charge in [0.1, 0.15) is 5.75 Å². The van der Waals surface area contributed by atoms with E-state index in [9.17, 15) is 9.59 Å². The summed E-state index contributed by atoms with van der Waals surface area (Å²) in [5, 5.41) is 0. The maximum Gasteiger partial charge on any atom is 0.338 e. The number of thiazole rings is 1. The molecule has 1 unspecified atom stereocenters. The van der Waals surface area contributed by atoms with Crippen molar-refractivity contribution < 1.29 is 14.3 Å². The molecule has 0 fully saturated rings. The molecule has 4 rings (SSSR count). The summed E-state index contributed by atoms with van der Waals surface area (Å²) in [5.41, 5.74) is 2.11. The number of nitrogens with zero attached hydrogens (tertiary/aromatic N) is 3. The number of aromatic nitrogens is 2. The molecule has 0 N–H and O–H groups in total. The minimum atomic E-state index is -0.653. The van der Waals surface area contributed by atoms with Gasteiger partial charge in [0, 0.05) is 6.20 Å². The zero-order valence-corrected chi connectivity index (χ0v) is 19.8. The summed E-state index contributed by atoms with van der Waals surface area (Å²) < 4.78 is 13.1. The Hall–Kier alpha value is -3.52. The van der Waals surface area contributed by atoms with Crippen LogP contribution in [-0.4, -0.2) is 28.2 Å². The van der Waals surface area contributed by atoms with Crippen LogP contribution in [0.15, 0.2) is 69.7 Å². The van der Waals surface area contributed by atoms with Gasteiger partial charge < -0.3 is 9.47 Å². The number of hydrogen-bond acceptors (Lipinski definition) is 7. The first kappa shape index (κ1) is 22.7. The minimum Gasteiger partial charge on any atom is -0.491 e. The Morgan fingerprint density at radius 2 is 1.97 bits per heavy atom. The maximum absolute atomic E-state index is 13.5. The number of carbonyl (C=O) groups is 1. The SMILES string of the molecule is CCOC(=O)C1=C(C)N=c2sc(=Cc3ccccn3)c(=O)n2C1c1ccc(OC(C)C)cc1. The fraction of sp³-hybridized carbons (Fsp3) is 0.280. The highest BCUT2D eigenvalue weighted by atomic mass is 32.1. The van der Waals surface area contributed by atoms with Crippen LogP contribution in [0.2, 0.25) is 0 Å². The third kappa shape index (κ3) is 4.66. The number of fused-ring (bicyclic) bond motifs is 1. The number of carbonyl (C=O) groups excluding carboxylic acids is 1. The predicted octanol–water partition coefficient (Wildman–Crippen LogP) is 2.98. The zero-order chi connectivity index (χ0) is 23.5. The minimum absolute atomic E-state index is 0.0392. The predicted molar refractivity (Wildman–Crippen MR) is 127 cm³/mol. The molecule has 1 atom stereocenters. The standard InChI is InChI=1S/C25H25N3O4S/c1-5-31-24(30)21-16(4)27-25-28(22(21)17-9-11-19(12-10-17)32-15(2)3)23(29)20(33-25)14-18-8-6-7-13-26-18/h6-15,22H,5H2,1-4H3. The van der Waals surface area contributed by atoms with Crippen LogP contribution in [0.3, 0.4) is 0 Å². The summed E-state index contributed by atoms with van der Waals surface area (Å²) in [6.45, 7) is 7.67. The first-order valence-corrected chi connectivity index (χ1v) is 11.6. The molecule has 0 aliphatic carbocycles. The molecule has 1 aliphatic heterocycles. The Morgan fingerprint density at radius 1 is 1.21 bits per heavy atom. The highest BCUT2D eigenvalue weighted by molar-refractivity contribution is 7.07. The molecule has 7 nitrogen and oxygen atoms in total. The van der Waals surface area contributed by atoms with Crippen molar-refractivity contribution in [2.75, 3.05) is 6.61 Å². The molecular weight excluding hydrogens is 438 g/mol. The van der Waals surface area contributed by atoms with Crippen LogP contribution in [0.5, 0.6) is 5.75 Å². The number of ether oxygens (including phenoxy) is 2. The highest BCUT2D eigenvalue weighted by Crippen LogP contribution is 2.31. The second kappa shape index (κ2) is 9.54. The topological polar surface area (TPSA) is 82.8 Å². The van der Waals surface area contributed by atoms with Gasteiger partial charge in [0.15, 0.2) is 4.80 Å². The third-order valence-electron chi connectivity index (χ3n) is 5.05. The van der Waals surface area contributed by atoms with Crippen molar-refractivity contribution in [3.05, 3.63) is 90.9 Å². The van der Waals surface area contributed by atoms with E-state index >= 15 is 0 Å². The van der Waals surface area contributed by atoms with Crippen molar-refractivity contribution in [2.24, 2.45) is 4.99 Å². The largest absolute Gasteiger partial charge is 0.491 e. The fourth-order valence-corrected chi connectivity index (χ4v) is 4.73. The van der Waals surface area contributed by atoms with Crippen molar-refractivity contribution in [3.63, 3.8) is 0 Å². The summed E-state index contributed by atoms with van der Waals surface area (Å²) >= 11 is 1.27. The summed E-state index contributed by atoms with van der Waals surface area (Å²) in [4.78, 5) is 35.8. The summed E-state index contributed by atoms with van der Waals surface area (Å²) in [7, 11) is 0. The molecule has 3 aromatic rings. The molecule has 8 heteroatoms. The van der Waals surface area contributed by atoms with Crippen molar-refractivity contribution >= 4 is 23.4 Å². The van der Waals surface area contributed by atoms with Crippen molar-refractivity contribution in [1.82, 2.24) is 9.55 Å². The molecule has 33 heavy (non-hydrogen) atoms. The molecule has 0 saturated heterocycles. The lowest BCUT2D eigenvalue weighted by Gasteiger charge is -2.25. The molecule has 1 aromatic carbocycles. The Labute approximate surface area is 195 Å². The molecule has 0 amide bonds. The smallest absolute Gasteiger partial charge is 0.338 e. The van der Waals surface area contributed by atoms with E-state index in [1.54, 1.807) is 30.7 Å². The Bertz CT molecular complexity index is 1370. The second-order valence-electron chi connectivity index (χ2n) is 7.79. The third-order valence-corrected chi connectivity index (χ3v) is 6.03. The summed E-state index contributed by atoms with van der Waals surface area (Å²) in [6, 6.07) is 12.3. The Morgan fingerprint density at radius 3 is 2.61 bits per heavy atom. The van der Waals surface area contributed by atoms with E-state index in [1.807, 2.05) is 56.3 Å². The lowest BCUT2D eigenvalue weighted by Crippen LogP contribution is -2.39. The fourth-order valence-electron chi connectivity index (χ4n) is 3.70. The van der Waals surface area contributed by atoms with E-state index in [1.165, 1.54) is 11.3 Å². The number of hydrogen-bond donors (Lipinski definition) is 0. The van der Waals surface area contributed by atoms with Gasteiger partial charge in [-0.05, 0) is 63.6 Å². The summed E-state index contributed by atoms with van der Waals surface area (Å²) in [5.74, 6) is 0.236. The van der Waals surface area contributed by atoms with Crippen molar-refractivity contribution in [2.45, 2.75) is 39.8 Å². The average Bonchev–Trinajstić information content (AvgIpc) is 3.08. The molecule has 1 aliphatic rings. The van der Waals surface area contributed by atoms with Crippen LogP contribution in [0, 0.1) is 0 Å². The van der Waals surface area contributed by atoms with Gasteiger partial charge in [0.2, 0.25) is 0 Å². The summed E-state index contributed by atoms with van der Waals surface area (Å²) in [6.07, 6.45) is 3.46. The molecule has 2 aromatic heterocycles. The number of benzene rings is 1. The van der Waals surface area contributed by atoms with Crippen molar-refractivity contribution in [3.8, 4) is 5.75 Å². The normalized spacial score (nSPS) is 15.9. The molecule has 0 radical (unpaired) electrons. The maximum atomic E-state index is 13.5. The van der Waals surface area contributed by atoms with Crippen LogP contribution in [0.1, 0.15) is 45.0 Å². The van der Waals surface area contributed by atoms with Gasteiger partial charge in [-0.25, -0.2) is 9.79 Å². The lowest BCUT2D eigenvalue weighted by molar-refractivity contribution is -0.139. The molecular formula is C25H25N3O4S. The Balaban J connectivity index is 1.90. The van der Waals surface area contributed by atoms with Gasteiger partial charge in [-0.15, -0.1) is 0 Å². The molecule has 0 bridgehead atoms. The van der Waals surface area contributed by atoms with Crippen LogP contribution in [0.4, 0.5) is 0 Å². The monoisotopic (exact) mass is 463 g/mol. The van der Waals surface area contributed by atoms with Gasteiger partial charge in [-0.1, -0.05) is 29.5 Å². The zero-order valence-electron chi connectivity index (χ0n) is 18.9. The number of rotatable bonds is 6. The number of esters is 1. The van der Waals surface area contributed by atoms with E-state index in [0.717, 1.165) is 11.3 Å². The lowest BCUT2D eigenvalue weighted by atomic mass is 9.96. The van der Waals surface area contributed by atoms with Gasteiger partial charge in [-0.2, -0.15) is 0 Å². The second-order valence-corrected chi connectivity index (χ2v) is 8.80. The first-order valence-electron chi connectivity index (χ1n) is 10.8. The van der Waals surface area contributed by atoms with E-state index in [2.05, 4.69) is 9.98 Å². The van der Waals surface area contributed by atoms with E-state index in [0.29, 0.717) is 26.3 Å². The van der Waals surface area contributed by atoms with Gasteiger partial charge in [0.05, 0.1) is 40.2 Å². The van der Waals surface area contributed by atoms with E-state index < -0.39 is 12.0 Å².